The molecule has 0 aliphatic rings. The van der Waals surface area contributed by atoms with Crippen LogP contribution < -0.4 is 5.32 Å². The van der Waals surface area contributed by atoms with Crippen LogP contribution in [0.2, 0.25) is 0 Å². The summed E-state index contributed by atoms with van der Waals surface area (Å²) in [5.74, 6) is -0.217. The Morgan fingerprint density at radius 2 is 2.00 bits per heavy atom. The minimum absolute atomic E-state index is 0.123. The van der Waals surface area contributed by atoms with Crippen molar-refractivity contribution in [2.75, 3.05) is 13.2 Å². The van der Waals surface area contributed by atoms with Crippen LogP contribution in [-0.2, 0) is 0 Å². The smallest absolute Gasteiger partial charge is 0.123 e. The Bertz CT molecular complexity index is 260. The third kappa shape index (κ3) is 3.09. The van der Waals surface area contributed by atoms with E-state index in [-0.39, 0.29) is 18.5 Å². The van der Waals surface area contributed by atoms with E-state index in [4.69, 9.17) is 5.11 Å². The first-order valence-electron chi connectivity index (χ1n) is 4.87. The van der Waals surface area contributed by atoms with Crippen LogP contribution in [0.25, 0.3) is 0 Å². The second-order valence-electron chi connectivity index (χ2n) is 3.19. The molecule has 78 valence electrons. The molecule has 0 amide bonds. The molecule has 0 saturated heterocycles. The third-order valence-electron chi connectivity index (χ3n) is 2.18. The van der Waals surface area contributed by atoms with E-state index in [0.717, 1.165) is 12.0 Å². The Balaban J connectivity index is 2.64. The Morgan fingerprint density at radius 1 is 1.36 bits per heavy atom. The van der Waals surface area contributed by atoms with Crippen molar-refractivity contribution in [3.8, 4) is 0 Å². The van der Waals surface area contributed by atoms with Gasteiger partial charge in [-0.05, 0) is 24.1 Å². The lowest BCUT2D eigenvalue weighted by Crippen LogP contribution is -2.23. The molecule has 2 nitrogen and oxygen atoms in total. The van der Waals surface area contributed by atoms with Gasteiger partial charge in [0.2, 0.25) is 0 Å². The third-order valence-corrected chi connectivity index (χ3v) is 2.18. The maximum Gasteiger partial charge on any atom is 0.123 e. The summed E-state index contributed by atoms with van der Waals surface area (Å²) in [5, 5.41) is 11.9. The monoisotopic (exact) mass is 197 g/mol. The molecule has 0 fully saturated rings. The number of hydrogen-bond donors (Lipinski definition) is 2. The van der Waals surface area contributed by atoms with Crippen LogP contribution in [0.3, 0.4) is 0 Å². The molecule has 3 heteroatoms. The Labute approximate surface area is 83.8 Å². The van der Waals surface area contributed by atoms with E-state index in [1.807, 2.05) is 0 Å². The van der Waals surface area contributed by atoms with E-state index < -0.39 is 0 Å². The summed E-state index contributed by atoms with van der Waals surface area (Å²) in [6, 6.07) is 6.65. The van der Waals surface area contributed by atoms with Crippen molar-refractivity contribution in [2.45, 2.75) is 19.4 Å². The highest BCUT2D eigenvalue weighted by molar-refractivity contribution is 5.19. The average Bonchev–Trinajstić information content (AvgIpc) is 2.21. The van der Waals surface area contributed by atoms with Gasteiger partial charge in [0, 0.05) is 12.6 Å². The molecule has 0 aromatic heterocycles. The van der Waals surface area contributed by atoms with Gasteiger partial charge in [-0.25, -0.2) is 4.39 Å². The van der Waals surface area contributed by atoms with Crippen LogP contribution in [0, 0.1) is 5.82 Å². The average molecular weight is 197 g/mol. The minimum Gasteiger partial charge on any atom is -0.395 e. The van der Waals surface area contributed by atoms with Crippen molar-refractivity contribution in [3.05, 3.63) is 35.6 Å². The summed E-state index contributed by atoms with van der Waals surface area (Å²) in [6.07, 6.45) is 0.922. The van der Waals surface area contributed by atoms with Crippen LogP contribution in [0.15, 0.2) is 24.3 Å². The molecule has 2 N–H and O–H groups in total. The van der Waals surface area contributed by atoms with Crippen LogP contribution in [0.5, 0.6) is 0 Å². The lowest BCUT2D eigenvalue weighted by atomic mass is 10.0. The van der Waals surface area contributed by atoms with Gasteiger partial charge in [-0.3, -0.25) is 0 Å². The lowest BCUT2D eigenvalue weighted by molar-refractivity contribution is 0.283. The van der Waals surface area contributed by atoms with Gasteiger partial charge in [-0.2, -0.15) is 0 Å². The van der Waals surface area contributed by atoms with Crippen LogP contribution in [-0.4, -0.2) is 18.3 Å². The van der Waals surface area contributed by atoms with Gasteiger partial charge in [0.25, 0.3) is 0 Å². The first kappa shape index (κ1) is 11.1. The van der Waals surface area contributed by atoms with E-state index >= 15 is 0 Å². The zero-order valence-electron chi connectivity index (χ0n) is 8.33. The molecule has 0 bridgehead atoms. The molecule has 1 aromatic rings. The van der Waals surface area contributed by atoms with Gasteiger partial charge in [-0.1, -0.05) is 19.1 Å². The highest BCUT2D eigenvalue weighted by Gasteiger charge is 2.07. The largest absolute Gasteiger partial charge is 0.395 e. The summed E-state index contributed by atoms with van der Waals surface area (Å²) < 4.78 is 12.6. The summed E-state index contributed by atoms with van der Waals surface area (Å²) >= 11 is 0. The molecular formula is C11H16FNO. The number of rotatable bonds is 5. The van der Waals surface area contributed by atoms with E-state index in [9.17, 15) is 4.39 Å². The van der Waals surface area contributed by atoms with E-state index in [2.05, 4.69) is 12.2 Å². The summed E-state index contributed by atoms with van der Waals surface area (Å²) in [4.78, 5) is 0. The van der Waals surface area contributed by atoms with E-state index in [0.29, 0.717) is 6.54 Å². The minimum atomic E-state index is -0.217. The fraction of sp³-hybridized carbons (Fsp3) is 0.455. The van der Waals surface area contributed by atoms with Crippen molar-refractivity contribution in [2.24, 2.45) is 0 Å². The fourth-order valence-electron chi connectivity index (χ4n) is 1.43. The Kier molecular flexibility index (Phi) is 4.56. The molecule has 14 heavy (non-hydrogen) atoms. The van der Waals surface area contributed by atoms with Crippen molar-refractivity contribution in [3.63, 3.8) is 0 Å². The lowest BCUT2D eigenvalue weighted by Gasteiger charge is -2.16. The maximum atomic E-state index is 12.6. The number of nitrogens with one attached hydrogen (secondary N) is 1. The number of hydrogen-bond acceptors (Lipinski definition) is 2. The number of halogens is 1. The molecule has 1 aromatic carbocycles. The molecule has 0 aliphatic carbocycles. The highest BCUT2D eigenvalue weighted by atomic mass is 19.1. The van der Waals surface area contributed by atoms with Crippen molar-refractivity contribution < 1.29 is 9.50 Å². The van der Waals surface area contributed by atoms with E-state index in [1.54, 1.807) is 12.1 Å². The highest BCUT2D eigenvalue weighted by Crippen LogP contribution is 2.16. The normalized spacial score (nSPS) is 12.8. The molecule has 0 aliphatic heterocycles. The maximum absolute atomic E-state index is 12.6. The summed E-state index contributed by atoms with van der Waals surface area (Å²) in [5.41, 5.74) is 1.06. The molecule has 0 heterocycles. The predicted molar refractivity (Wildman–Crippen MR) is 54.5 cm³/mol. The molecular weight excluding hydrogens is 181 g/mol. The fourth-order valence-corrected chi connectivity index (χ4v) is 1.43. The van der Waals surface area contributed by atoms with Crippen molar-refractivity contribution in [1.82, 2.24) is 5.32 Å². The van der Waals surface area contributed by atoms with Crippen molar-refractivity contribution >= 4 is 0 Å². The number of aliphatic hydroxyl groups excluding tert-OH is 1. The zero-order valence-corrected chi connectivity index (χ0v) is 8.33. The topological polar surface area (TPSA) is 32.3 Å². The standard InChI is InChI=1S/C11H16FNO/c1-2-11(13-7-8-14)9-3-5-10(12)6-4-9/h3-6,11,13-14H,2,7-8H2,1H3. The molecule has 0 saturated carbocycles. The molecule has 0 radical (unpaired) electrons. The van der Waals surface area contributed by atoms with Crippen LogP contribution in [0.4, 0.5) is 4.39 Å². The van der Waals surface area contributed by atoms with Gasteiger partial charge in [-0.15, -0.1) is 0 Å². The SMILES string of the molecule is CCC(NCCO)c1ccc(F)cc1. The quantitative estimate of drug-likeness (QED) is 0.755. The van der Waals surface area contributed by atoms with E-state index in [1.165, 1.54) is 12.1 Å². The van der Waals surface area contributed by atoms with Gasteiger partial charge in [0.1, 0.15) is 5.82 Å². The first-order chi connectivity index (χ1) is 6.77. The number of aliphatic hydroxyl groups is 1. The zero-order chi connectivity index (χ0) is 10.4. The van der Waals surface area contributed by atoms with Crippen LogP contribution in [0.1, 0.15) is 24.9 Å². The van der Waals surface area contributed by atoms with Gasteiger partial charge < -0.3 is 10.4 Å². The Morgan fingerprint density at radius 3 is 2.50 bits per heavy atom. The predicted octanol–water partition coefficient (Wildman–Crippen LogP) is 1.86. The van der Waals surface area contributed by atoms with Gasteiger partial charge >= 0.3 is 0 Å². The summed E-state index contributed by atoms with van der Waals surface area (Å²) in [7, 11) is 0. The second kappa shape index (κ2) is 5.73. The Hall–Kier alpha value is -0.930. The van der Waals surface area contributed by atoms with Gasteiger partial charge in [0.15, 0.2) is 0 Å². The first-order valence-corrected chi connectivity index (χ1v) is 4.87. The second-order valence-corrected chi connectivity index (χ2v) is 3.19. The number of benzene rings is 1. The molecule has 0 spiro atoms. The van der Waals surface area contributed by atoms with Gasteiger partial charge in [0.05, 0.1) is 6.61 Å². The molecule has 1 atom stereocenters. The van der Waals surface area contributed by atoms with Crippen LogP contribution >= 0.6 is 0 Å². The summed E-state index contributed by atoms with van der Waals surface area (Å²) in [6.45, 7) is 2.74. The molecule has 1 rings (SSSR count). The van der Waals surface area contributed by atoms with Crippen molar-refractivity contribution in [1.29, 1.82) is 0 Å². The molecule has 1 unspecified atom stereocenters.